The molecule has 0 amide bonds. The van der Waals surface area contributed by atoms with Gasteiger partial charge in [-0.3, -0.25) is 0 Å². The van der Waals surface area contributed by atoms with Crippen LogP contribution in [0.5, 0.6) is 0 Å². The minimum atomic E-state index is -0.220. The van der Waals surface area contributed by atoms with Gasteiger partial charge in [-0.25, -0.2) is 14.4 Å². The van der Waals surface area contributed by atoms with Crippen LogP contribution in [-0.4, -0.2) is 9.97 Å². The van der Waals surface area contributed by atoms with Gasteiger partial charge in [-0.15, -0.1) is 0 Å². The first-order valence-corrected chi connectivity index (χ1v) is 6.00. The number of anilines is 1. The van der Waals surface area contributed by atoms with Gasteiger partial charge in [-0.1, -0.05) is 19.1 Å². The smallest absolute Gasteiger partial charge is 0.130 e. The second-order valence-electron chi connectivity index (χ2n) is 4.13. The zero-order chi connectivity index (χ0) is 13.0. The van der Waals surface area contributed by atoms with Crippen molar-refractivity contribution < 1.29 is 4.39 Å². The van der Waals surface area contributed by atoms with Crippen molar-refractivity contribution in [2.24, 2.45) is 0 Å². The first-order valence-electron chi connectivity index (χ1n) is 6.00. The third-order valence-corrected chi connectivity index (χ3v) is 2.62. The predicted octanol–water partition coefficient (Wildman–Crippen LogP) is 3.10. The van der Waals surface area contributed by atoms with Crippen LogP contribution >= 0.6 is 0 Å². The number of aromatic nitrogens is 2. The summed E-state index contributed by atoms with van der Waals surface area (Å²) in [5, 5.41) is 3.19. The molecule has 94 valence electrons. The van der Waals surface area contributed by atoms with Crippen molar-refractivity contribution in [3.05, 3.63) is 53.2 Å². The van der Waals surface area contributed by atoms with Crippen molar-refractivity contribution in [2.75, 3.05) is 5.32 Å². The Morgan fingerprint density at radius 1 is 1.22 bits per heavy atom. The van der Waals surface area contributed by atoms with Gasteiger partial charge in [0.05, 0.1) is 0 Å². The number of aryl methyl sites for hydroxylation is 2. The van der Waals surface area contributed by atoms with Gasteiger partial charge in [0.2, 0.25) is 0 Å². The Kier molecular flexibility index (Phi) is 3.87. The van der Waals surface area contributed by atoms with Gasteiger partial charge >= 0.3 is 0 Å². The van der Waals surface area contributed by atoms with E-state index in [2.05, 4.69) is 22.2 Å². The van der Waals surface area contributed by atoms with Gasteiger partial charge in [0.1, 0.15) is 17.5 Å². The maximum Gasteiger partial charge on any atom is 0.130 e. The van der Waals surface area contributed by atoms with Crippen molar-refractivity contribution in [3.63, 3.8) is 0 Å². The molecule has 1 heterocycles. The van der Waals surface area contributed by atoms with E-state index in [9.17, 15) is 4.39 Å². The molecule has 0 aliphatic heterocycles. The Morgan fingerprint density at radius 2 is 2.06 bits per heavy atom. The number of nitrogens with zero attached hydrogens (tertiary/aromatic N) is 2. The van der Waals surface area contributed by atoms with Gasteiger partial charge in [-0.2, -0.15) is 0 Å². The first-order chi connectivity index (χ1) is 8.67. The molecule has 0 spiro atoms. The number of hydrogen-bond donors (Lipinski definition) is 1. The topological polar surface area (TPSA) is 37.8 Å². The van der Waals surface area contributed by atoms with E-state index in [0.29, 0.717) is 6.54 Å². The SMILES string of the molecule is CCc1cc(NCc2cccc(F)c2)nc(C)n1. The normalized spacial score (nSPS) is 10.4. The summed E-state index contributed by atoms with van der Waals surface area (Å²) in [6, 6.07) is 8.46. The molecule has 0 aliphatic carbocycles. The van der Waals surface area contributed by atoms with Gasteiger partial charge in [0, 0.05) is 18.3 Å². The summed E-state index contributed by atoms with van der Waals surface area (Å²) >= 11 is 0. The molecule has 0 radical (unpaired) electrons. The van der Waals surface area contributed by atoms with Crippen LogP contribution in [0.2, 0.25) is 0 Å². The lowest BCUT2D eigenvalue weighted by molar-refractivity contribution is 0.626. The Bertz CT molecular complexity index is 540. The summed E-state index contributed by atoms with van der Waals surface area (Å²) < 4.78 is 13.0. The molecule has 18 heavy (non-hydrogen) atoms. The Labute approximate surface area is 106 Å². The Balaban J connectivity index is 2.08. The molecule has 1 aromatic heterocycles. The van der Waals surface area contributed by atoms with Gasteiger partial charge in [-0.05, 0) is 31.0 Å². The fraction of sp³-hybridized carbons (Fsp3) is 0.286. The molecule has 2 aromatic rings. The van der Waals surface area contributed by atoms with E-state index in [1.54, 1.807) is 6.07 Å². The third kappa shape index (κ3) is 3.26. The second-order valence-corrected chi connectivity index (χ2v) is 4.13. The van der Waals surface area contributed by atoms with Crippen molar-refractivity contribution in [3.8, 4) is 0 Å². The summed E-state index contributed by atoms with van der Waals surface area (Å²) in [7, 11) is 0. The predicted molar refractivity (Wildman–Crippen MR) is 69.9 cm³/mol. The highest BCUT2D eigenvalue weighted by atomic mass is 19.1. The fourth-order valence-corrected chi connectivity index (χ4v) is 1.74. The highest BCUT2D eigenvalue weighted by Crippen LogP contribution is 2.10. The van der Waals surface area contributed by atoms with Crippen molar-refractivity contribution in [2.45, 2.75) is 26.8 Å². The summed E-state index contributed by atoms with van der Waals surface area (Å²) in [5.74, 6) is 1.31. The number of nitrogens with one attached hydrogen (secondary N) is 1. The molecule has 0 aliphatic rings. The zero-order valence-electron chi connectivity index (χ0n) is 10.6. The molecule has 0 fully saturated rings. The highest BCUT2D eigenvalue weighted by molar-refractivity contribution is 5.37. The van der Waals surface area contributed by atoms with E-state index in [4.69, 9.17) is 0 Å². The molecule has 0 saturated carbocycles. The van der Waals surface area contributed by atoms with Crippen LogP contribution in [0.15, 0.2) is 30.3 Å². The van der Waals surface area contributed by atoms with Crippen molar-refractivity contribution in [1.82, 2.24) is 9.97 Å². The average Bonchev–Trinajstić information content (AvgIpc) is 2.36. The molecule has 0 bridgehead atoms. The monoisotopic (exact) mass is 245 g/mol. The molecular weight excluding hydrogens is 229 g/mol. The molecule has 0 unspecified atom stereocenters. The van der Waals surface area contributed by atoms with E-state index in [1.165, 1.54) is 12.1 Å². The van der Waals surface area contributed by atoms with Crippen LogP contribution < -0.4 is 5.32 Å². The number of halogens is 1. The maximum absolute atomic E-state index is 13.0. The Hall–Kier alpha value is -1.97. The highest BCUT2D eigenvalue weighted by Gasteiger charge is 2.01. The molecule has 3 nitrogen and oxygen atoms in total. The van der Waals surface area contributed by atoms with Crippen LogP contribution in [-0.2, 0) is 13.0 Å². The van der Waals surface area contributed by atoms with Gasteiger partial charge in [0.25, 0.3) is 0 Å². The van der Waals surface area contributed by atoms with Crippen LogP contribution in [0.3, 0.4) is 0 Å². The number of benzene rings is 1. The van der Waals surface area contributed by atoms with E-state index in [0.717, 1.165) is 29.3 Å². The number of rotatable bonds is 4. The van der Waals surface area contributed by atoms with E-state index < -0.39 is 0 Å². The van der Waals surface area contributed by atoms with Crippen LogP contribution in [0.4, 0.5) is 10.2 Å². The van der Waals surface area contributed by atoms with E-state index in [1.807, 2.05) is 19.1 Å². The van der Waals surface area contributed by atoms with Crippen LogP contribution in [0.25, 0.3) is 0 Å². The number of hydrogen-bond acceptors (Lipinski definition) is 3. The molecule has 2 rings (SSSR count). The Morgan fingerprint density at radius 3 is 2.78 bits per heavy atom. The lowest BCUT2D eigenvalue weighted by Crippen LogP contribution is -2.05. The molecular formula is C14H16FN3. The van der Waals surface area contributed by atoms with Gasteiger partial charge < -0.3 is 5.32 Å². The molecule has 1 aromatic carbocycles. The van der Waals surface area contributed by atoms with E-state index >= 15 is 0 Å². The van der Waals surface area contributed by atoms with E-state index in [-0.39, 0.29) is 5.82 Å². The zero-order valence-corrected chi connectivity index (χ0v) is 10.6. The fourth-order valence-electron chi connectivity index (χ4n) is 1.74. The summed E-state index contributed by atoms with van der Waals surface area (Å²) in [4.78, 5) is 8.61. The third-order valence-electron chi connectivity index (χ3n) is 2.62. The minimum absolute atomic E-state index is 0.220. The lowest BCUT2D eigenvalue weighted by atomic mass is 10.2. The minimum Gasteiger partial charge on any atom is -0.366 e. The second kappa shape index (κ2) is 5.58. The summed E-state index contributed by atoms with van der Waals surface area (Å²) in [6.45, 7) is 4.47. The standard InChI is InChI=1S/C14H16FN3/c1-3-13-8-14(18-10(2)17-13)16-9-11-5-4-6-12(15)7-11/h4-8H,3,9H2,1-2H3,(H,16,17,18). The summed E-state index contributed by atoms with van der Waals surface area (Å²) in [6.07, 6.45) is 0.873. The molecule has 1 N–H and O–H groups in total. The first kappa shape index (κ1) is 12.5. The van der Waals surface area contributed by atoms with Gasteiger partial charge in [0.15, 0.2) is 0 Å². The largest absolute Gasteiger partial charge is 0.366 e. The average molecular weight is 245 g/mol. The van der Waals surface area contributed by atoms with Crippen molar-refractivity contribution >= 4 is 5.82 Å². The quantitative estimate of drug-likeness (QED) is 0.899. The lowest BCUT2D eigenvalue weighted by Gasteiger charge is -2.08. The molecule has 4 heteroatoms. The molecule has 0 saturated heterocycles. The summed E-state index contributed by atoms with van der Waals surface area (Å²) in [5.41, 5.74) is 1.90. The van der Waals surface area contributed by atoms with Crippen LogP contribution in [0.1, 0.15) is 24.0 Å². The van der Waals surface area contributed by atoms with Crippen molar-refractivity contribution in [1.29, 1.82) is 0 Å². The van der Waals surface area contributed by atoms with Crippen LogP contribution in [0, 0.1) is 12.7 Å². The molecule has 0 atom stereocenters. The maximum atomic E-state index is 13.0.